The van der Waals surface area contributed by atoms with E-state index in [1.54, 1.807) is 36.4 Å². The third-order valence-electron chi connectivity index (χ3n) is 5.49. The van der Waals surface area contributed by atoms with Gasteiger partial charge in [0.2, 0.25) is 0 Å². The van der Waals surface area contributed by atoms with E-state index < -0.39 is 16.0 Å². The molecule has 0 saturated heterocycles. The summed E-state index contributed by atoms with van der Waals surface area (Å²) in [6.07, 6.45) is 8.91. The Bertz CT molecular complexity index is 1230. The van der Waals surface area contributed by atoms with Crippen LogP contribution in [-0.4, -0.2) is 18.8 Å². The van der Waals surface area contributed by atoms with Gasteiger partial charge in [0.15, 0.2) is 0 Å². The largest absolute Gasteiger partial charge is 1.00 e. The molecule has 0 unspecified atom stereocenters. The predicted molar refractivity (Wildman–Crippen MR) is 143 cm³/mol. The van der Waals surface area contributed by atoms with E-state index in [0.717, 1.165) is 12.1 Å². The minimum absolute atomic E-state index is 0. The van der Waals surface area contributed by atoms with Gasteiger partial charge in [-0.2, -0.15) is 20.5 Å². The topological polar surface area (TPSA) is 119 Å². The van der Waals surface area contributed by atoms with Crippen LogP contribution in [0.2, 0.25) is 0 Å². The Balaban J connectivity index is 0.00000481. The molecular formula is C27H32N5NaO3S. The summed E-state index contributed by atoms with van der Waals surface area (Å²) in [4.78, 5) is 0. The minimum atomic E-state index is -4.33. The van der Waals surface area contributed by atoms with E-state index in [0.29, 0.717) is 22.7 Å². The van der Waals surface area contributed by atoms with Crippen molar-refractivity contribution >= 4 is 38.6 Å². The second-order valence-corrected chi connectivity index (χ2v) is 9.93. The van der Waals surface area contributed by atoms with Crippen LogP contribution in [0, 0.1) is 0 Å². The number of benzene rings is 3. The molecule has 0 fully saturated rings. The summed E-state index contributed by atoms with van der Waals surface area (Å²) in [6, 6.07) is 22.1. The van der Waals surface area contributed by atoms with Crippen molar-refractivity contribution in [1.29, 1.82) is 0 Å². The first kappa shape index (κ1) is 30.8. The fraction of sp³-hybridized carbons (Fsp3) is 0.333. The van der Waals surface area contributed by atoms with Gasteiger partial charge in [-0.3, -0.25) is 0 Å². The van der Waals surface area contributed by atoms with E-state index >= 15 is 0 Å². The first-order valence-electron chi connectivity index (χ1n) is 12.2. The Kier molecular flexibility index (Phi) is 13.7. The summed E-state index contributed by atoms with van der Waals surface area (Å²) in [6.45, 7) is 2.24. The van der Waals surface area contributed by atoms with Gasteiger partial charge in [0.1, 0.15) is 16.0 Å². The molecule has 0 aliphatic heterocycles. The Morgan fingerprint density at radius 2 is 1.05 bits per heavy atom. The van der Waals surface area contributed by atoms with Crippen LogP contribution in [0.4, 0.5) is 28.4 Å². The molecule has 0 radical (unpaired) electrons. The molecule has 37 heavy (non-hydrogen) atoms. The number of hydrogen-bond donors (Lipinski definition) is 1. The van der Waals surface area contributed by atoms with E-state index in [4.69, 9.17) is 0 Å². The number of azo groups is 2. The third kappa shape index (κ3) is 12.6. The van der Waals surface area contributed by atoms with Crippen LogP contribution in [0.1, 0.15) is 51.0 Å². The van der Waals surface area contributed by atoms with Crippen molar-refractivity contribution in [2.75, 3.05) is 11.2 Å². The zero-order chi connectivity index (χ0) is 25.6. The third-order valence-corrected chi connectivity index (χ3v) is 5.99. The summed E-state index contributed by atoms with van der Waals surface area (Å²) in [5.74, 6) is -0.665. The number of aryl methyl sites for hydroxylation is 1. The normalized spacial score (nSPS) is 11.6. The molecule has 3 aromatic rings. The Morgan fingerprint density at radius 1 is 0.649 bits per heavy atom. The molecule has 10 heteroatoms. The zero-order valence-corrected chi connectivity index (χ0v) is 24.3. The molecule has 0 aliphatic rings. The van der Waals surface area contributed by atoms with Crippen LogP contribution < -0.4 is 34.9 Å². The van der Waals surface area contributed by atoms with Crippen molar-refractivity contribution in [2.45, 2.75) is 51.9 Å². The van der Waals surface area contributed by atoms with Crippen molar-refractivity contribution in [3.8, 4) is 0 Å². The molecule has 0 atom stereocenters. The number of hydrogen-bond acceptors (Lipinski definition) is 8. The van der Waals surface area contributed by atoms with Gasteiger partial charge in [-0.05, 0) is 79.1 Å². The quantitative estimate of drug-likeness (QED) is 0.131. The Hall–Kier alpha value is -2.43. The standard InChI is InChI=1S/C27H33N5O3S.Na/c1-2-3-4-5-6-7-8-22-9-11-24(12-10-22)29-31-26-17-19-27(20-18-26)32-30-25-15-13-23(14-16-25)28-21-36(33,34)35;/h9-20,28H,2-8,21H2,1H3,(H,33,34,35);/q;+1/p-1. The summed E-state index contributed by atoms with van der Waals surface area (Å²) >= 11 is 0. The number of nitrogens with zero attached hydrogens (tertiary/aromatic N) is 4. The first-order valence-corrected chi connectivity index (χ1v) is 13.8. The van der Waals surface area contributed by atoms with E-state index in [-0.39, 0.29) is 29.6 Å². The molecule has 0 aromatic heterocycles. The molecule has 0 spiro atoms. The van der Waals surface area contributed by atoms with E-state index in [9.17, 15) is 13.0 Å². The maximum absolute atomic E-state index is 10.7. The van der Waals surface area contributed by atoms with Crippen LogP contribution in [-0.2, 0) is 16.5 Å². The van der Waals surface area contributed by atoms with Gasteiger partial charge in [0, 0.05) is 5.69 Å². The van der Waals surface area contributed by atoms with Gasteiger partial charge in [-0.1, -0.05) is 51.2 Å². The fourth-order valence-corrected chi connectivity index (χ4v) is 3.82. The van der Waals surface area contributed by atoms with Gasteiger partial charge in [-0.15, -0.1) is 0 Å². The van der Waals surface area contributed by atoms with Gasteiger partial charge in [-0.25, -0.2) is 8.42 Å². The Labute approximate surface area is 241 Å². The van der Waals surface area contributed by atoms with Gasteiger partial charge in [0.05, 0.1) is 22.7 Å². The molecule has 0 heterocycles. The zero-order valence-electron chi connectivity index (χ0n) is 21.5. The molecule has 0 bridgehead atoms. The van der Waals surface area contributed by atoms with Crippen LogP contribution in [0.5, 0.6) is 0 Å². The second-order valence-electron chi connectivity index (χ2n) is 8.53. The van der Waals surface area contributed by atoms with Gasteiger partial charge >= 0.3 is 29.6 Å². The molecule has 8 nitrogen and oxygen atoms in total. The van der Waals surface area contributed by atoms with Gasteiger partial charge in [0.25, 0.3) is 0 Å². The average molecular weight is 530 g/mol. The molecule has 0 aliphatic carbocycles. The molecule has 0 saturated carbocycles. The molecule has 1 N–H and O–H groups in total. The second kappa shape index (κ2) is 16.4. The molecule has 0 amide bonds. The molecule has 3 rings (SSSR count). The summed E-state index contributed by atoms with van der Waals surface area (Å²) in [7, 11) is -4.33. The average Bonchev–Trinajstić information content (AvgIpc) is 2.88. The van der Waals surface area contributed by atoms with Crippen LogP contribution in [0.3, 0.4) is 0 Å². The summed E-state index contributed by atoms with van der Waals surface area (Å²) in [5.41, 5.74) is 4.63. The minimum Gasteiger partial charge on any atom is -0.747 e. The van der Waals surface area contributed by atoms with Crippen molar-refractivity contribution in [2.24, 2.45) is 20.5 Å². The monoisotopic (exact) mass is 529 g/mol. The van der Waals surface area contributed by atoms with E-state index in [1.807, 2.05) is 24.3 Å². The maximum atomic E-state index is 10.7. The summed E-state index contributed by atoms with van der Waals surface area (Å²) < 4.78 is 32.0. The van der Waals surface area contributed by atoms with Crippen LogP contribution in [0.15, 0.2) is 93.3 Å². The first-order chi connectivity index (χ1) is 17.4. The van der Waals surface area contributed by atoms with Gasteiger partial charge < -0.3 is 9.87 Å². The number of rotatable bonds is 14. The number of anilines is 1. The molecular weight excluding hydrogens is 497 g/mol. The Morgan fingerprint density at radius 3 is 1.51 bits per heavy atom. The maximum Gasteiger partial charge on any atom is 1.00 e. The number of unbranched alkanes of at least 4 members (excludes halogenated alkanes) is 5. The fourth-order valence-electron chi connectivity index (χ4n) is 3.47. The molecule has 3 aromatic carbocycles. The predicted octanol–water partition coefficient (Wildman–Crippen LogP) is 5.34. The summed E-state index contributed by atoms with van der Waals surface area (Å²) in [5, 5.41) is 19.5. The van der Waals surface area contributed by atoms with Crippen molar-refractivity contribution in [3.63, 3.8) is 0 Å². The SMILES string of the molecule is CCCCCCCCc1ccc(N=Nc2ccc(N=Nc3ccc(NCS(=O)(=O)[O-])cc3)cc2)cc1.[Na+]. The smallest absolute Gasteiger partial charge is 0.747 e. The van der Waals surface area contributed by atoms with E-state index in [2.05, 4.69) is 44.8 Å². The van der Waals surface area contributed by atoms with Crippen molar-refractivity contribution < 1.29 is 42.5 Å². The molecule has 190 valence electrons. The van der Waals surface area contributed by atoms with Crippen LogP contribution >= 0.6 is 0 Å². The van der Waals surface area contributed by atoms with Crippen LogP contribution in [0.25, 0.3) is 0 Å². The van der Waals surface area contributed by atoms with E-state index in [1.165, 1.54) is 44.1 Å². The van der Waals surface area contributed by atoms with Crippen molar-refractivity contribution in [3.05, 3.63) is 78.4 Å². The van der Waals surface area contributed by atoms with Crippen molar-refractivity contribution in [1.82, 2.24) is 0 Å². The number of nitrogens with one attached hydrogen (secondary N) is 1.